The van der Waals surface area contributed by atoms with E-state index in [-0.39, 0.29) is 6.42 Å². The fourth-order valence-corrected chi connectivity index (χ4v) is 4.97. The molecule has 4 amide bonds. The van der Waals surface area contributed by atoms with E-state index in [9.17, 15) is 46.6 Å². The number of nitrogens with zero attached hydrogens (tertiary/aromatic N) is 1. The zero-order chi connectivity index (χ0) is 28.5. The van der Waals surface area contributed by atoms with Gasteiger partial charge in [0.25, 0.3) is 11.8 Å². The molecule has 0 aromatic rings. The number of likely N-dealkylation sites (N-methyl/N-ethyl adjacent to an activating group) is 1. The van der Waals surface area contributed by atoms with E-state index in [0.717, 1.165) is 11.9 Å². The van der Waals surface area contributed by atoms with Gasteiger partial charge in [0.05, 0.1) is 6.04 Å². The van der Waals surface area contributed by atoms with Crippen LogP contribution in [0.15, 0.2) is 0 Å². The van der Waals surface area contributed by atoms with Crippen LogP contribution in [0.1, 0.15) is 53.4 Å². The van der Waals surface area contributed by atoms with E-state index in [1.54, 1.807) is 20.8 Å². The van der Waals surface area contributed by atoms with Crippen molar-refractivity contribution in [3.05, 3.63) is 0 Å². The number of fused-ring (bicyclic) bond motifs is 1. The lowest BCUT2D eigenvalue weighted by atomic mass is 9.85. The van der Waals surface area contributed by atoms with E-state index in [1.807, 2.05) is 0 Å². The molecule has 210 valence electrons. The Balaban J connectivity index is 2.42. The van der Waals surface area contributed by atoms with Gasteiger partial charge in [0.1, 0.15) is 12.1 Å². The Morgan fingerprint density at radius 2 is 1.68 bits per heavy atom. The second kappa shape index (κ2) is 10.8. The number of rotatable bonds is 9. The average Bonchev–Trinajstić information content (AvgIpc) is 3.29. The molecule has 37 heavy (non-hydrogen) atoms. The zero-order valence-electron chi connectivity index (χ0n) is 21.4. The number of ketones is 1. The van der Waals surface area contributed by atoms with Crippen LogP contribution in [-0.2, 0) is 19.2 Å². The van der Waals surface area contributed by atoms with Gasteiger partial charge in [0.15, 0.2) is 0 Å². The quantitative estimate of drug-likeness (QED) is 0.260. The summed E-state index contributed by atoms with van der Waals surface area (Å²) in [5, 5.41) is 15.6. The Morgan fingerprint density at radius 1 is 1.08 bits per heavy atom. The molecule has 10 nitrogen and oxygen atoms in total. The molecule has 2 aliphatic rings. The van der Waals surface area contributed by atoms with Crippen LogP contribution in [0.2, 0.25) is 0 Å². The first kappa shape index (κ1) is 30.3. The summed E-state index contributed by atoms with van der Waals surface area (Å²) >= 11 is 0. The van der Waals surface area contributed by atoms with Gasteiger partial charge in [0, 0.05) is 32.4 Å². The summed E-state index contributed by atoms with van der Waals surface area (Å²) in [5.41, 5.74) is -0.999. The number of halogens is 4. The first-order valence-corrected chi connectivity index (χ1v) is 11.9. The number of carbonyl (C=O) groups excluding carboxylic acids is 4. The maximum Gasteiger partial charge on any atom is 0.405 e. The summed E-state index contributed by atoms with van der Waals surface area (Å²) in [6.07, 6.45) is -3.67. The van der Waals surface area contributed by atoms with Crippen molar-refractivity contribution in [1.82, 2.24) is 20.9 Å². The second-order valence-electron chi connectivity index (χ2n) is 10.9. The monoisotopic (exact) mass is 538 g/mol. The summed E-state index contributed by atoms with van der Waals surface area (Å²) in [6, 6.07) is -4.60. The minimum atomic E-state index is -3.22. The molecule has 2 rings (SSSR count). The molecule has 0 spiro atoms. The Labute approximate surface area is 211 Å². The van der Waals surface area contributed by atoms with E-state index in [1.165, 1.54) is 0 Å². The maximum absolute atomic E-state index is 14.6. The van der Waals surface area contributed by atoms with Crippen LogP contribution in [0.25, 0.3) is 0 Å². The van der Waals surface area contributed by atoms with Crippen LogP contribution >= 0.6 is 0 Å². The van der Waals surface area contributed by atoms with Gasteiger partial charge in [-0.2, -0.15) is 0 Å². The number of Topliss-reactive ketones (excluding diaryl/α,β-unsaturated/α-hetero) is 1. The summed E-state index contributed by atoms with van der Waals surface area (Å²) in [5.74, 6) is -13.1. The average molecular weight is 539 g/mol. The minimum absolute atomic E-state index is 0.132. The molecule has 0 unspecified atom stereocenters. The molecule has 0 aromatic carbocycles. The summed E-state index contributed by atoms with van der Waals surface area (Å²) in [7, 11) is 1.14. The third kappa shape index (κ3) is 7.10. The van der Waals surface area contributed by atoms with E-state index in [4.69, 9.17) is 0 Å². The fourth-order valence-electron chi connectivity index (χ4n) is 4.97. The molecule has 1 aliphatic heterocycles. The van der Waals surface area contributed by atoms with E-state index < -0.39 is 103 Å². The van der Waals surface area contributed by atoms with Crippen molar-refractivity contribution in [2.45, 2.75) is 83.3 Å². The molecule has 5 atom stereocenters. The normalized spacial score (nSPS) is 24.6. The highest BCUT2D eigenvalue weighted by Crippen LogP contribution is 2.51. The number of hydrogen-bond acceptors (Lipinski definition) is 5. The predicted octanol–water partition coefficient (Wildman–Crippen LogP) is 1.78. The van der Waals surface area contributed by atoms with Gasteiger partial charge in [-0.3, -0.25) is 19.2 Å². The Hall–Kier alpha value is -2.93. The van der Waals surface area contributed by atoms with E-state index in [0.29, 0.717) is 6.92 Å². The first-order chi connectivity index (χ1) is 16.8. The van der Waals surface area contributed by atoms with Crippen molar-refractivity contribution < 1.29 is 46.6 Å². The molecule has 0 aromatic heterocycles. The van der Waals surface area contributed by atoms with Gasteiger partial charge in [-0.15, -0.1) is 0 Å². The Morgan fingerprint density at radius 3 is 2.16 bits per heavy atom. The smallest absolute Gasteiger partial charge is 0.405 e. The molecular weight excluding hydrogens is 504 g/mol. The van der Waals surface area contributed by atoms with Gasteiger partial charge in [0.2, 0.25) is 23.5 Å². The predicted molar refractivity (Wildman–Crippen MR) is 122 cm³/mol. The third-order valence-corrected chi connectivity index (χ3v) is 6.89. The van der Waals surface area contributed by atoms with Gasteiger partial charge in [-0.1, -0.05) is 20.8 Å². The van der Waals surface area contributed by atoms with Crippen molar-refractivity contribution in [1.29, 1.82) is 0 Å². The standard InChI is InChI=1S/C23H34F4N4O6/c1-21(2,3)16(30-20(36)37)19(35)31-10-12-11(6-9-23(12,26)27)14(31)17(33)29-13(7-8-22(4,24)25)15(32)18(34)28-5/h11-14,16,30H,6-10H2,1-5H3,(H,28,34)(H,29,33)(H,36,37)/t11-,12-,13-,14-,16+/m0/s1. The SMILES string of the molecule is CNC(=O)C(=O)[C@H](CCC(C)(F)F)NC(=O)[C@@H]1[C@H]2CCC(F)(F)[C@H]2CN1C(=O)[C@@H](NC(=O)O)C(C)(C)C. The number of carboxylic acid groups (broad SMARTS) is 1. The van der Waals surface area contributed by atoms with Crippen molar-refractivity contribution in [2.24, 2.45) is 17.3 Å². The van der Waals surface area contributed by atoms with Crippen LogP contribution in [0.5, 0.6) is 0 Å². The highest BCUT2D eigenvalue weighted by atomic mass is 19.3. The molecule has 14 heteroatoms. The number of alkyl halides is 4. The lowest BCUT2D eigenvalue weighted by Crippen LogP contribution is -2.59. The zero-order valence-corrected chi connectivity index (χ0v) is 21.4. The topological polar surface area (TPSA) is 145 Å². The van der Waals surface area contributed by atoms with Crippen LogP contribution in [0.4, 0.5) is 22.4 Å². The molecule has 0 radical (unpaired) electrons. The van der Waals surface area contributed by atoms with Crippen molar-refractivity contribution in [3.8, 4) is 0 Å². The third-order valence-electron chi connectivity index (χ3n) is 6.89. The van der Waals surface area contributed by atoms with Crippen molar-refractivity contribution in [2.75, 3.05) is 13.6 Å². The van der Waals surface area contributed by atoms with Crippen LogP contribution < -0.4 is 16.0 Å². The molecule has 2 fully saturated rings. The van der Waals surface area contributed by atoms with Crippen LogP contribution in [-0.4, -0.2) is 83.2 Å². The van der Waals surface area contributed by atoms with Gasteiger partial charge >= 0.3 is 6.09 Å². The van der Waals surface area contributed by atoms with Crippen molar-refractivity contribution in [3.63, 3.8) is 0 Å². The highest BCUT2D eigenvalue weighted by Gasteiger charge is 2.61. The summed E-state index contributed by atoms with van der Waals surface area (Å²) < 4.78 is 56.3. The van der Waals surface area contributed by atoms with Crippen LogP contribution in [0, 0.1) is 17.3 Å². The summed E-state index contributed by atoms with van der Waals surface area (Å²) in [6.45, 7) is 4.71. The number of carbonyl (C=O) groups is 5. The molecule has 0 bridgehead atoms. The number of amides is 4. The van der Waals surface area contributed by atoms with Crippen molar-refractivity contribution >= 4 is 29.6 Å². The molecule has 1 saturated heterocycles. The molecule has 1 aliphatic carbocycles. The van der Waals surface area contributed by atoms with E-state index in [2.05, 4.69) is 16.0 Å². The largest absolute Gasteiger partial charge is 0.465 e. The molecule has 4 N–H and O–H groups in total. The fraction of sp³-hybridized carbons (Fsp3) is 0.783. The van der Waals surface area contributed by atoms with Gasteiger partial charge < -0.3 is 26.0 Å². The Bertz CT molecular complexity index is 933. The lowest BCUT2D eigenvalue weighted by molar-refractivity contribution is -0.145. The lowest BCUT2D eigenvalue weighted by Gasteiger charge is -2.36. The number of nitrogens with one attached hydrogen (secondary N) is 3. The van der Waals surface area contributed by atoms with Gasteiger partial charge in [-0.25, -0.2) is 22.4 Å². The molecular formula is C23H34F4N4O6. The van der Waals surface area contributed by atoms with Gasteiger partial charge in [-0.05, 0) is 31.1 Å². The van der Waals surface area contributed by atoms with Crippen LogP contribution in [0.3, 0.4) is 0 Å². The van der Waals surface area contributed by atoms with E-state index >= 15 is 0 Å². The molecule has 1 saturated carbocycles. The first-order valence-electron chi connectivity index (χ1n) is 11.9. The second-order valence-corrected chi connectivity index (χ2v) is 10.9. The number of hydrogen-bond donors (Lipinski definition) is 4. The maximum atomic E-state index is 14.6. The highest BCUT2D eigenvalue weighted by molar-refractivity contribution is 6.38. The number of likely N-dealkylation sites (tertiary alicyclic amines) is 1. The minimum Gasteiger partial charge on any atom is -0.465 e. The molecule has 1 heterocycles. The Kier molecular flexibility index (Phi) is 8.86. The summed E-state index contributed by atoms with van der Waals surface area (Å²) in [4.78, 5) is 63.5.